The SMILES string of the molecule is CC(C)(C)CS(=O)(=O)Nc1ccc(F)cc1CN. The van der Waals surface area contributed by atoms with Crippen LogP contribution in [-0.2, 0) is 16.6 Å². The molecule has 102 valence electrons. The first-order chi connectivity index (χ1) is 8.13. The van der Waals surface area contributed by atoms with Crippen LogP contribution in [0.2, 0.25) is 0 Å². The summed E-state index contributed by atoms with van der Waals surface area (Å²) in [5, 5.41) is 0. The van der Waals surface area contributed by atoms with Crippen molar-refractivity contribution in [3.8, 4) is 0 Å². The van der Waals surface area contributed by atoms with Gasteiger partial charge in [0, 0.05) is 6.54 Å². The van der Waals surface area contributed by atoms with Crippen molar-refractivity contribution in [3.05, 3.63) is 29.6 Å². The molecule has 0 amide bonds. The molecule has 0 aliphatic rings. The van der Waals surface area contributed by atoms with Gasteiger partial charge < -0.3 is 5.73 Å². The van der Waals surface area contributed by atoms with Gasteiger partial charge in [-0.2, -0.15) is 0 Å². The Hall–Kier alpha value is -1.14. The quantitative estimate of drug-likeness (QED) is 0.883. The van der Waals surface area contributed by atoms with E-state index in [2.05, 4.69) is 4.72 Å². The Kier molecular flexibility index (Phi) is 4.34. The minimum atomic E-state index is -3.47. The molecule has 4 nitrogen and oxygen atoms in total. The van der Waals surface area contributed by atoms with Crippen LogP contribution in [0, 0.1) is 11.2 Å². The highest BCUT2D eigenvalue weighted by molar-refractivity contribution is 7.92. The van der Waals surface area contributed by atoms with Gasteiger partial charge in [0.05, 0.1) is 11.4 Å². The van der Waals surface area contributed by atoms with E-state index in [0.717, 1.165) is 0 Å². The van der Waals surface area contributed by atoms with Gasteiger partial charge in [-0.1, -0.05) is 20.8 Å². The summed E-state index contributed by atoms with van der Waals surface area (Å²) in [6, 6.07) is 3.82. The summed E-state index contributed by atoms with van der Waals surface area (Å²) >= 11 is 0. The van der Waals surface area contributed by atoms with Crippen molar-refractivity contribution in [2.24, 2.45) is 11.1 Å². The largest absolute Gasteiger partial charge is 0.326 e. The van der Waals surface area contributed by atoms with Gasteiger partial charge in [-0.15, -0.1) is 0 Å². The van der Waals surface area contributed by atoms with Crippen LogP contribution in [0.15, 0.2) is 18.2 Å². The average molecular weight is 274 g/mol. The number of sulfonamides is 1. The maximum Gasteiger partial charge on any atom is 0.233 e. The van der Waals surface area contributed by atoms with Crippen molar-refractivity contribution in [2.45, 2.75) is 27.3 Å². The number of nitrogens with one attached hydrogen (secondary N) is 1. The first-order valence-electron chi connectivity index (χ1n) is 5.62. The molecule has 0 saturated carbocycles. The number of nitrogens with two attached hydrogens (primary N) is 1. The molecule has 0 radical (unpaired) electrons. The summed E-state index contributed by atoms with van der Waals surface area (Å²) in [4.78, 5) is 0. The third-order valence-corrected chi connectivity index (χ3v) is 3.95. The van der Waals surface area contributed by atoms with Crippen LogP contribution in [0.4, 0.5) is 10.1 Å². The predicted octanol–water partition coefficient (Wildman–Crippen LogP) is 2.07. The topological polar surface area (TPSA) is 72.2 Å². The molecule has 0 heterocycles. The normalized spacial score (nSPS) is 12.5. The fourth-order valence-corrected chi connectivity index (χ4v) is 3.35. The van der Waals surface area contributed by atoms with Gasteiger partial charge in [-0.3, -0.25) is 4.72 Å². The van der Waals surface area contributed by atoms with Crippen molar-refractivity contribution in [3.63, 3.8) is 0 Å². The lowest BCUT2D eigenvalue weighted by atomic mass is 10.0. The third kappa shape index (κ3) is 4.62. The summed E-state index contributed by atoms with van der Waals surface area (Å²) in [6.45, 7) is 5.58. The van der Waals surface area contributed by atoms with Crippen LogP contribution in [0.1, 0.15) is 26.3 Å². The molecule has 1 aromatic rings. The van der Waals surface area contributed by atoms with E-state index in [4.69, 9.17) is 5.73 Å². The Balaban J connectivity index is 2.98. The molecule has 3 N–H and O–H groups in total. The van der Waals surface area contributed by atoms with Crippen LogP contribution >= 0.6 is 0 Å². The molecule has 18 heavy (non-hydrogen) atoms. The Bertz CT molecular complexity index is 521. The molecule has 1 aromatic carbocycles. The molecule has 0 aliphatic carbocycles. The first-order valence-corrected chi connectivity index (χ1v) is 7.27. The van der Waals surface area contributed by atoms with Crippen LogP contribution in [0.3, 0.4) is 0 Å². The molecule has 6 heteroatoms. The van der Waals surface area contributed by atoms with Gasteiger partial charge in [0.2, 0.25) is 10.0 Å². The third-order valence-electron chi connectivity index (χ3n) is 2.18. The highest BCUT2D eigenvalue weighted by Gasteiger charge is 2.22. The number of hydrogen-bond acceptors (Lipinski definition) is 3. The molecule has 0 aromatic heterocycles. The Morgan fingerprint density at radius 1 is 1.33 bits per heavy atom. The van der Waals surface area contributed by atoms with Crippen molar-refractivity contribution in [2.75, 3.05) is 10.5 Å². The molecule has 0 saturated heterocycles. The van der Waals surface area contributed by atoms with E-state index in [1.54, 1.807) is 0 Å². The maximum atomic E-state index is 13.0. The van der Waals surface area contributed by atoms with Crippen LogP contribution in [-0.4, -0.2) is 14.2 Å². The molecule has 0 unspecified atom stereocenters. The van der Waals surface area contributed by atoms with E-state index in [9.17, 15) is 12.8 Å². The zero-order valence-corrected chi connectivity index (χ0v) is 11.6. The lowest BCUT2D eigenvalue weighted by Gasteiger charge is -2.19. The molecular weight excluding hydrogens is 255 g/mol. The van der Waals surface area contributed by atoms with Gasteiger partial charge >= 0.3 is 0 Å². The van der Waals surface area contributed by atoms with Crippen molar-refractivity contribution in [1.82, 2.24) is 0 Å². The van der Waals surface area contributed by atoms with E-state index >= 15 is 0 Å². The molecule has 0 spiro atoms. The second kappa shape index (κ2) is 5.24. The summed E-state index contributed by atoms with van der Waals surface area (Å²) in [5.74, 6) is -0.448. The van der Waals surface area contributed by atoms with Crippen LogP contribution in [0.5, 0.6) is 0 Å². The fourth-order valence-electron chi connectivity index (χ4n) is 1.60. The summed E-state index contributed by atoms with van der Waals surface area (Å²) in [5.41, 5.74) is 5.89. The summed E-state index contributed by atoms with van der Waals surface area (Å²) in [7, 11) is -3.47. The highest BCUT2D eigenvalue weighted by Crippen LogP contribution is 2.21. The van der Waals surface area contributed by atoms with E-state index in [1.165, 1.54) is 18.2 Å². The van der Waals surface area contributed by atoms with E-state index < -0.39 is 15.8 Å². The highest BCUT2D eigenvalue weighted by atomic mass is 32.2. The van der Waals surface area contributed by atoms with Gasteiger partial charge in [0.25, 0.3) is 0 Å². The lowest BCUT2D eigenvalue weighted by molar-refractivity contribution is 0.463. The minimum Gasteiger partial charge on any atom is -0.326 e. The Labute approximate surface area is 107 Å². The number of halogens is 1. The Morgan fingerprint density at radius 3 is 2.44 bits per heavy atom. The molecular formula is C12H19FN2O2S. The smallest absolute Gasteiger partial charge is 0.233 e. The first kappa shape index (κ1) is 14.9. The van der Waals surface area contributed by atoms with Crippen LogP contribution < -0.4 is 10.5 Å². The van der Waals surface area contributed by atoms with Crippen molar-refractivity contribution in [1.29, 1.82) is 0 Å². The zero-order chi connectivity index (χ0) is 14.0. The zero-order valence-electron chi connectivity index (χ0n) is 10.8. The number of benzene rings is 1. The average Bonchev–Trinajstić information content (AvgIpc) is 2.16. The monoisotopic (exact) mass is 274 g/mol. The van der Waals surface area contributed by atoms with Gasteiger partial charge in [0.1, 0.15) is 5.82 Å². The van der Waals surface area contributed by atoms with Crippen molar-refractivity contribution < 1.29 is 12.8 Å². The van der Waals surface area contributed by atoms with Crippen LogP contribution in [0.25, 0.3) is 0 Å². The van der Waals surface area contributed by atoms with Gasteiger partial charge in [-0.25, -0.2) is 12.8 Å². The van der Waals surface area contributed by atoms with E-state index in [0.29, 0.717) is 11.3 Å². The molecule has 0 fully saturated rings. The molecule has 1 rings (SSSR count). The number of hydrogen-bond donors (Lipinski definition) is 2. The molecule has 0 bridgehead atoms. The molecule has 0 aliphatic heterocycles. The standard InChI is InChI=1S/C12H19FN2O2S/c1-12(2,3)8-18(16,17)15-11-5-4-10(13)6-9(11)7-14/h4-6,15H,7-8,14H2,1-3H3. The minimum absolute atomic E-state index is 0.0125. The summed E-state index contributed by atoms with van der Waals surface area (Å²) < 4.78 is 39.3. The van der Waals surface area contributed by atoms with E-state index in [-0.39, 0.29) is 17.7 Å². The second-order valence-corrected chi connectivity index (χ2v) is 7.15. The van der Waals surface area contributed by atoms with Gasteiger partial charge in [-0.05, 0) is 29.2 Å². The fraction of sp³-hybridized carbons (Fsp3) is 0.500. The van der Waals surface area contributed by atoms with Crippen molar-refractivity contribution >= 4 is 15.7 Å². The van der Waals surface area contributed by atoms with Gasteiger partial charge in [0.15, 0.2) is 0 Å². The Morgan fingerprint density at radius 2 is 1.94 bits per heavy atom. The van der Waals surface area contributed by atoms with E-state index in [1.807, 2.05) is 20.8 Å². The number of anilines is 1. The second-order valence-electron chi connectivity index (χ2n) is 5.43. The lowest BCUT2D eigenvalue weighted by Crippen LogP contribution is -2.26. The molecule has 0 atom stereocenters. The maximum absolute atomic E-state index is 13.0. The predicted molar refractivity (Wildman–Crippen MR) is 71.2 cm³/mol. The summed E-state index contributed by atoms with van der Waals surface area (Å²) in [6.07, 6.45) is 0. The number of rotatable bonds is 4.